The average Bonchev–Trinajstić information content (AvgIpc) is 2.65. The summed E-state index contributed by atoms with van der Waals surface area (Å²) in [5.74, 6) is 1.38. The van der Waals surface area contributed by atoms with Gasteiger partial charge >= 0.3 is 6.09 Å². The van der Waals surface area contributed by atoms with Crippen molar-refractivity contribution < 1.29 is 14.3 Å². The summed E-state index contributed by atoms with van der Waals surface area (Å²) < 4.78 is 11.3. The smallest absolute Gasteiger partial charge is 0.410 e. The first-order valence-corrected chi connectivity index (χ1v) is 10.9. The maximum absolute atomic E-state index is 12.4. The summed E-state index contributed by atoms with van der Waals surface area (Å²) in [6.45, 7) is 15.7. The molecule has 2 aliphatic heterocycles. The molecule has 2 aliphatic rings. The normalized spacial score (nSPS) is 21.6. The van der Waals surface area contributed by atoms with Crippen molar-refractivity contribution in [2.24, 2.45) is 10.9 Å². The molecular weight excluding hydrogens is 483 g/mol. The van der Waals surface area contributed by atoms with Crippen LogP contribution in [-0.4, -0.2) is 79.4 Å². The van der Waals surface area contributed by atoms with E-state index in [1.165, 1.54) is 0 Å². The van der Waals surface area contributed by atoms with Crippen LogP contribution in [-0.2, 0) is 9.47 Å². The van der Waals surface area contributed by atoms with Crippen LogP contribution in [0.3, 0.4) is 0 Å². The molecule has 8 heteroatoms. The number of likely N-dealkylation sites (tertiary alicyclic amines) is 2. The molecule has 1 unspecified atom stereocenters. The molecule has 0 aromatic carbocycles. The molecule has 1 amide bonds. The predicted molar refractivity (Wildman–Crippen MR) is 128 cm³/mol. The van der Waals surface area contributed by atoms with Crippen molar-refractivity contribution in [2.45, 2.75) is 72.0 Å². The fourth-order valence-corrected chi connectivity index (χ4v) is 3.82. The number of carbonyl (C=O) groups is 1. The number of nitrogens with one attached hydrogen (secondary N) is 1. The monoisotopic (exact) mass is 524 g/mol. The maximum Gasteiger partial charge on any atom is 0.410 e. The molecule has 2 saturated heterocycles. The number of rotatable bonds is 5. The number of ether oxygens (including phenoxy) is 2. The van der Waals surface area contributed by atoms with Gasteiger partial charge in [0.25, 0.3) is 0 Å². The quantitative estimate of drug-likeness (QED) is 0.338. The lowest BCUT2D eigenvalue weighted by Gasteiger charge is -2.35. The van der Waals surface area contributed by atoms with Crippen LogP contribution in [0.2, 0.25) is 0 Å². The summed E-state index contributed by atoms with van der Waals surface area (Å²) in [6, 6.07) is 0. The van der Waals surface area contributed by atoms with E-state index < -0.39 is 5.60 Å². The number of aliphatic imine (C=N–C) groups is 1. The molecule has 29 heavy (non-hydrogen) atoms. The zero-order chi connectivity index (χ0) is 20.6. The summed E-state index contributed by atoms with van der Waals surface area (Å²) in [5.41, 5.74) is -0.450. The van der Waals surface area contributed by atoms with E-state index in [1.807, 2.05) is 25.7 Å². The van der Waals surface area contributed by atoms with Crippen LogP contribution in [0.1, 0.15) is 60.3 Å². The molecule has 0 bridgehead atoms. The summed E-state index contributed by atoms with van der Waals surface area (Å²) in [7, 11) is 0. The Morgan fingerprint density at radius 2 is 1.79 bits per heavy atom. The van der Waals surface area contributed by atoms with Crippen molar-refractivity contribution in [2.75, 3.05) is 45.9 Å². The Bertz CT molecular complexity index is 517. The van der Waals surface area contributed by atoms with Crippen LogP contribution in [0, 0.1) is 5.92 Å². The fourth-order valence-electron chi connectivity index (χ4n) is 3.82. The standard InChI is InChI=1S/C21H40N4O3.HI/c1-6-22-19(24-13-10-18(11-14-24)27-7-2)23-15-17-9-8-12-25(16-17)20(26)28-21(3,4)5;/h17-18H,6-16H2,1-5H3,(H,22,23);1H. The molecule has 2 rings (SSSR count). The second kappa shape index (κ2) is 12.8. The van der Waals surface area contributed by atoms with Crippen molar-refractivity contribution >= 4 is 36.0 Å². The molecule has 170 valence electrons. The largest absolute Gasteiger partial charge is 0.444 e. The lowest BCUT2D eigenvalue weighted by Crippen LogP contribution is -2.47. The molecule has 1 N–H and O–H groups in total. The minimum absolute atomic E-state index is 0. The fraction of sp³-hybridized carbons (Fsp3) is 0.905. The molecule has 2 fully saturated rings. The van der Waals surface area contributed by atoms with Crippen LogP contribution in [0.15, 0.2) is 4.99 Å². The summed E-state index contributed by atoms with van der Waals surface area (Å²) in [6.07, 6.45) is 4.39. The van der Waals surface area contributed by atoms with Gasteiger partial charge in [-0.15, -0.1) is 24.0 Å². The van der Waals surface area contributed by atoms with Gasteiger partial charge in [-0.05, 0) is 66.2 Å². The van der Waals surface area contributed by atoms with Gasteiger partial charge in [-0.1, -0.05) is 0 Å². The number of halogens is 1. The Morgan fingerprint density at radius 1 is 1.10 bits per heavy atom. The van der Waals surface area contributed by atoms with E-state index in [9.17, 15) is 4.79 Å². The highest BCUT2D eigenvalue weighted by atomic mass is 127. The Balaban J connectivity index is 0.00000420. The number of amides is 1. The van der Waals surface area contributed by atoms with Gasteiger partial charge < -0.3 is 24.6 Å². The molecule has 0 aliphatic carbocycles. The molecular formula is C21H41IN4O3. The van der Waals surface area contributed by atoms with Crippen LogP contribution in [0.5, 0.6) is 0 Å². The Morgan fingerprint density at radius 3 is 2.38 bits per heavy atom. The first kappa shape index (κ1) is 26.3. The third kappa shape index (κ3) is 9.27. The zero-order valence-corrected chi connectivity index (χ0v) is 21.2. The highest BCUT2D eigenvalue weighted by molar-refractivity contribution is 14.0. The SMILES string of the molecule is CCNC(=NCC1CCCN(C(=O)OC(C)(C)C)C1)N1CCC(OCC)CC1.I. The third-order valence-electron chi connectivity index (χ3n) is 5.15. The number of hydrogen-bond donors (Lipinski definition) is 1. The molecule has 0 saturated carbocycles. The van der Waals surface area contributed by atoms with Gasteiger partial charge in [0.2, 0.25) is 0 Å². The van der Waals surface area contributed by atoms with E-state index in [1.54, 1.807) is 0 Å². The second-order valence-corrected chi connectivity index (χ2v) is 8.77. The lowest BCUT2D eigenvalue weighted by molar-refractivity contribution is 0.0170. The summed E-state index contributed by atoms with van der Waals surface area (Å²) in [4.78, 5) is 21.5. The topological polar surface area (TPSA) is 66.4 Å². The summed E-state index contributed by atoms with van der Waals surface area (Å²) in [5, 5.41) is 3.43. The molecule has 2 heterocycles. The highest BCUT2D eigenvalue weighted by Crippen LogP contribution is 2.20. The van der Waals surface area contributed by atoms with Crippen molar-refractivity contribution in [3.05, 3.63) is 0 Å². The maximum atomic E-state index is 12.4. The van der Waals surface area contributed by atoms with Crippen LogP contribution in [0.25, 0.3) is 0 Å². The van der Waals surface area contributed by atoms with Crippen molar-refractivity contribution in [3.8, 4) is 0 Å². The van der Waals surface area contributed by atoms with Gasteiger partial charge in [0, 0.05) is 45.9 Å². The molecule has 7 nitrogen and oxygen atoms in total. The van der Waals surface area contributed by atoms with E-state index in [4.69, 9.17) is 14.5 Å². The molecule has 0 aromatic rings. The Labute approximate surface area is 194 Å². The Kier molecular flexibility index (Phi) is 11.6. The number of piperidine rings is 2. The Hall–Kier alpha value is -0.770. The lowest BCUT2D eigenvalue weighted by atomic mass is 9.98. The van der Waals surface area contributed by atoms with E-state index >= 15 is 0 Å². The van der Waals surface area contributed by atoms with E-state index in [-0.39, 0.29) is 30.1 Å². The van der Waals surface area contributed by atoms with Crippen molar-refractivity contribution in [1.82, 2.24) is 15.1 Å². The van der Waals surface area contributed by atoms with E-state index in [2.05, 4.69) is 24.1 Å². The van der Waals surface area contributed by atoms with E-state index in [0.29, 0.717) is 12.0 Å². The summed E-state index contributed by atoms with van der Waals surface area (Å²) >= 11 is 0. The van der Waals surface area contributed by atoms with Crippen LogP contribution in [0.4, 0.5) is 4.79 Å². The first-order valence-electron chi connectivity index (χ1n) is 10.9. The van der Waals surface area contributed by atoms with Gasteiger partial charge in [0.15, 0.2) is 5.96 Å². The number of guanidine groups is 1. The second-order valence-electron chi connectivity index (χ2n) is 8.77. The minimum Gasteiger partial charge on any atom is -0.444 e. The molecule has 0 radical (unpaired) electrons. The van der Waals surface area contributed by atoms with Crippen molar-refractivity contribution in [1.29, 1.82) is 0 Å². The highest BCUT2D eigenvalue weighted by Gasteiger charge is 2.28. The van der Waals surface area contributed by atoms with Crippen LogP contribution < -0.4 is 5.32 Å². The molecule has 0 spiro atoms. The van der Waals surface area contributed by atoms with Gasteiger partial charge in [-0.25, -0.2) is 4.79 Å². The van der Waals surface area contributed by atoms with E-state index in [0.717, 1.165) is 77.5 Å². The van der Waals surface area contributed by atoms with Gasteiger partial charge in [0.05, 0.1) is 6.10 Å². The first-order chi connectivity index (χ1) is 13.3. The zero-order valence-electron chi connectivity index (χ0n) is 18.9. The number of nitrogens with zero attached hydrogens (tertiary/aromatic N) is 3. The number of carbonyl (C=O) groups excluding carboxylic acids is 1. The molecule has 1 atom stereocenters. The third-order valence-corrected chi connectivity index (χ3v) is 5.15. The number of hydrogen-bond acceptors (Lipinski definition) is 4. The average molecular weight is 524 g/mol. The van der Waals surface area contributed by atoms with Crippen LogP contribution >= 0.6 is 24.0 Å². The van der Waals surface area contributed by atoms with Gasteiger partial charge in [0.1, 0.15) is 5.60 Å². The van der Waals surface area contributed by atoms with Gasteiger partial charge in [-0.2, -0.15) is 0 Å². The van der Waals surface area contributed by atoms with Crippen molar-refractivity contribution in [3.63, 3.8) is 0 Å². The molecule has 0 aromatic heterocycles. The van der Waals surface area contributed by atoms with Gasteiger partial charge in [-0.3, -0.25) is 4.99 Å². The predicted octanol–water partition coefficient (Wildman–Crippen LogP) is 3.72. The minimum atomic E-state index is -0.450.